The quantitative estimate of drug-likeness (QED) is 0.308. The average molecular weight is 430 g/mol. The van der Waals surface area contributed by atoms with Crippen molar-refractivity contribution in [1.82, 2.24) is 19.5 Å². The molecule has 0 bridgehead atoms. The molecule has 0 saturated carbocycles. The van der Waals surface area contributed by atoms with E-state index in [9.17, 15) is 4.79 Å². The molecule has 32 heavy (non-hydrogen) atoms. The number of benzene rings is 2. The normalized spacial score (nSPS) is 10.7. The van der Waals surface area contributed by atoms with Gasteiger partial charge in [-0.3, -0.25) is 9.36 Å². The smallest absolute Gasteiger partial charge is 0.247 e. The first-order valence-corrected chi connectivity index (χ1v) is 9.89. The van der Waals surface area contributed by atoms with Gasteiger partial charge in [-0.1, -0.05) is 12.6 Å². The fraction of sp³-hybridized carbons (Fsp3) is 0.130. The fourth-order valence-corrected chi connectivity index (χ4v) is 2.99. The van der Waals surface area contributed by atoms with Crippen molar-refractivity contribution < 1.29 is 14.3 Å². The molecule has 2 heterocycles. The summed E-state index contributed by atoms with van der Waals surface area (Å²) >= 11 is 0. The second kappa shape index (κ2) is 9.71. The zero-order valence-corrected chi connectivity index (χ0v) is 17.5. The summed E-state index contributed by atoms with van der Waals surface area (Å²) in [4.78, 5) is 25.0. The topological polar surface area (TPSA) is 103 Å². The molecule has 0 fully saturated rings. The van der Waals surface area contributed by atoms with E-state index in [1.54, 1.807) is 25.7 Å². The van der Waals surface area contributed by atoms with Crippen molar-refractivity contribution in [2.24, 2.45) is 0 Å². The van der Waals surface area contributed by atoms with Crippen LogP contribution in [0.25, 0.3) is 16.9 Å². The highest BCUT2D eigenvalue weighted by molar-refractivity contribution is 5.99. The number of imidazole rings is 1. The summed E-state index contributed by atoms with van der Waals surface area (Å²) in [5, 5.41) is 5.95. The Bertz CT molecular complexity index is 1240. The van der Waals surface area contributed by atoms with Gasteiger partial charge in [0.15, 0.2) is 5.65 Å². The van der Waals surface area contributed by atoms with E-state index in [1.165, 1.54) is 6.08 Å². The Morgan fingerprint density at radius 3 is 2.75 bits per heavy atom. The number of carbonyl (C=O) groups is 1. The predicted molar refractivity (Wildman–Crippen MR) is 123 cm³/mol. The molecule has 0 aliphatic heterocycles. The van der Waals surface area contributed by atoms with Crippen molar-refractivity contribution in [1.29, 1.82) is 0 Å². The van der Waals surface area contributed by atoms with Crippen LogP contribution in [0.1, 0.15) is 0 Å². The van der Waals surface area contributed by atoms with Crippen molar-refractivity contribution in [2.45, 2.75) is 0 Å². The SMILES string of the molecule is C=CC(=O)Nc1cccc(-n2cnc3cnc(Nc4ccc(OCCOC)cc4)nc32)c1. The van der Waals surface area contributed by atoms with Crippen LogP contribution in [0, 0.1) is 0 Å². The van der Waals surface area contributed by atoms with Gasteiger partial charge in [0.2, 0.25) is 11.9 Å². The number of methoxy groups -OCH3 is 1. The van der Waals surface area contributed by atoms with E-state index in [0.29, 0.717) is 36.0 Å². The lowest BCUT2D eigenvalue weighted by atomic mass is 10.2. The van der Waals surface area contributed by atoms with Gasteiger partial charge in [0.1, 0.15) is 24.2 Å². The molecule has 162 valence electrons. The molecule has 0 saturated heterocycles. The van der Waals surface area contributed by atoms with Gasteiger partial charge < -0.3 is 20.1 Å². The maximum atomic E-state index is 11.6. The number of hydrogen-bond acceptors (Lipinski definition) is 7. The van der Waals surface area contributed by atoms with E-state index in [1.807, 2.05) is 47.0 Å². The second-order valence-corrected chi connectivity index (χ2v) is 6.75. The lowest BCUT2D eigenvalue weighted by Gasteiger charge is -2.09. The summed E-state index contributed by atoms with van der Waals surface area (Å²) in [7, 11) is 1.64. The number of ether oxygens (including phenoxy) is 2. The Morgan fingerprint density at radius 1 is 1.12 bits per heavy atom. The Morgan fingerprint density at radius 2 is 1.97 bits per heavy atom. The maximum absolute atomic E-state index is 11.6. The van der Waals surface area contributed by atoms with Crippen LogP contribution >= 0.6 is 0 Å². The Labute approximate surface area is 184 Å². The van der Waals surface area contributed by atoms with Gasteiger partial charge in [-0.05, 0) is 48.5 Å². The van der Waals surface area contributed by atoms with Crippen LogP contribution in [-0.2, 0) is 9.53 Å². The number of rotatable bonds is 9. The summed E-state index contributed by atoms with van der Waals surface area (Å²) in [6, 6.07) is 14.9. The van der Waals surface area contributed by atoms with Gasteiger partial charge >= 0.3 is 0 Å². The van der Waals surface area contributed by atoms with Crippen LogP contribution in [0.5, 0.6) is 5.75 Å². The first-order valence-electron chi connectivity index (χ1n) is 9.89. The molecule has 4 rings (SSSR count). The highest BCUT2D eigenvalue weighted by Crippen LogP contribution is 2.22. The Hall–Kier alpha value is -4.24. The number of fused-ring (bicyclic) bond motifs is 1. The van der Waals surface area contributed by atoms with Crippen LogP contribution in [-0.4, -0.2) is 45.7 Å². The number of nitrogens with zero attached hydrogens (tertiary/aromatic N) is 4. The molecule has 2 aromatic carbocycles. The van der Waals surface area contributed by atoms with Crippen molar-refractivity contribution in [3.8, 4) is 11.4 Å². The molecule has 0 unspecified atom stereocenters. The zero-order valence-electron chi connectivity index (χ0n) is 17.5. The van der Waals surface area contributed by atoms with Crippen LogP contribution < -0.4 is 15.4 Å². The summed E-state index contributed by atoms with van der Waals surface area (Å²) in [5.74, 6) is 0.912. The molecule has 2 N–H and O–H groups in total. The molecular weight excluding hydrogens is 408 g/mol. The van der Waals surface area contributed by atoms with Gasteiger partial charge in [0.05, 0.1) is 18.5 Å². The summed E-state index contributed by atoms with van der Waals surface area (Å²) in [5.41, 5.74) is 3.56. The number of amides is 1. The summed E-state index contributed by atoms with van der Waals surface area (Å²) < 4.78 is 12.4. The van der Waals surface area contributed by atoms with Crippen LogP contribution in [0.15, 0.2) is 73.7 Å². The van der Waals surface area contributed by atoms with Crippen molar-refractivity contribution >= 4 is 34.4 Å². The van der Waals surface area contributed by atoms with E-state index in [4.69, 9.17) is 9.47 Å². The molecule has 0 aliphatic carbocycles. The third-order valence-corrected chi connectivity index (χ3v) is 4.53. The van der Waals surface area contributed by atoms with Crippen LogP contribution in [0.4, 0.5) is 17.3 Å². The molecule has 0 radical (unpaired) electrons. The lowest BCUT2D eigenvalue weighted by Crippen LogP contribution is -2.07. The van der Waals surface area contributed by atoms with Crippen LogP contribution in [0.2, 0.25) is 0 Å². The standard InChI is InChI=1S/C23H22N6O3/c1-3-21(30)26-17-5-4-6-18(13-17)29-15-25-20-14-24-23(28-22(20)29)27-16-7-9-19(10-8-16)32-12-11-31-2/h3-10,13-15H,1,11-12H2,2H3,(H,26,30)(H,24,27,28). The van der Waals surface area contributed by atoms with Crippen LogP contribution in [0.3, 0.4) is 0 Å². The minimum atomic E-state index is -0.276. The molecule has 0 atom stereocenters. The van der Waals surface area contributed by atoms with E-state index >= 15 is 0 Å². The molecule has 4 aromatic rings. The van der Waals surface area contributed by atoms with Gasteiger partial charge in [-0.2, -0.15) is 4.98 Å². The van der Waals surface area contributed by atoms with Gasteiger partial charge in [-0.15, -0.1) is 0 Å². The summed E-state index contributed by atoms with van der Waals surface area (Å²) in [6.07, 6.45) is 4.55. The van der Waals surface area contributed by atoms with Crippen molar-refractivity contribution in [3.05, 3.63) is 73.7 Å². The molecular formula is C23H22N6O3. The number of anilines is 3. The van der Waals surface area contributed by atoms with E-state index in [2.05, 4.69) is 32.2 Å². The van der Waals surface area contributed by atoms with Crippen molar-refractivity contribution in [2.75, 3.05) is 31.0 Å². The third kappa shape index (κ3) is 4.90. The Balaban J connectivity index is 1.55. The largest absolute Gasteiger partial charge is 0.491 e. The first-order chi connectivity index (χ1) is 15.7. The monoisotopic (exact) mass is 430 g/mol. The second-order valence-electron chi connectivity index (χ2n) is 6.75. The maximum Gasteiger partial charge on any atom is 0.247 e. The van der Waals surface area contributed by atoms with E-state index < -0.39 is 0 Å². The highest BCUT2D eigenvalue weighted by atomic mass is 16.5. The molecule has 0 aliphatic rings. The number of aromatic nitrogens is 4. The number of nitrogens with one attached hydrogen (secondary N) is 2. The van der Waals surface area contributed by atoms with Gasteiger partial charge in [-0.25, -0.2) is 9.97 Å². The summed E-state index contributed by atoms with van der Waals surface area (Å²) in [6.45, 7) is 4.50. The highest BCUT2D eigenvalue weighted by Gasteiger charge is 2.10. The number of hydrogen-bond donors (Lipinski definition) is 2. The fourth-order valence-electron chi connectivity index (χ4n) is 2.99. The van der Waals surface area contributed by atoms with E-state index in [0.717, 1.165) is 17.1 Å². The third-order valence-electron chi connectivity index (χ3n) is 4.53. The molecule has 9 nitrogen and oxygen atoms in total. The first kappa shape index (κ1) is 21.0. The zero-order chi connectivity index (χ0) is 22.3. The predicted octanol–water partition coefficient (Wildman–Crippen LogP) is 3.71. The number of carbonyl (C=O) groups excluding carboxylic acids is 1. The lowest BCUT2D eigenvalue weighted by molar-refractivity contribution is -0.111. The van der Waals surface area contributed by atoms with Gasteiger partial charge in [0, 0.05) is 18.5 Å². The molecule has 2 aromatic heterocycles. The molecule has 0 spiro atoms. The minimum Gasteiger partial charge on any atom is -0.491 e. The average Bonchev–Trinajstić information content (AvgIpc) is 3.24. The van der Waals surface area contributed by atoms with Crippen molar-refractivity contribution in [3.63, 3.8) is 0 Å². The molecule has 1 amide bonds. The van der Waals surface area contributed by atoms with Gasteiger partial charge in [0.25, 0.3) is 0 Å². The Kier molecular flexibility index (Phi) is 6.38. The van der Waals surface area contributed by atoms with E-state index in [-0.39, 0.29) is 5.91 Å². The minimum absolute atomic E-state index is 0.276. The molecule has 9 heteroatoms.